The lowest BCUT2D eigenvalue weighted by Crippen LogP contribution is -2.35. The first kappa shape index (κ1) is 15.7. The van der Waals surface area contributed by atoms with Crippen LogP contribution in [-0.2, 0) is 0 Å². The average molecular weight is 367 g/mol. The number of nitrogens with zero attached hydrogens (tertiary/aromatic N) is 5. The van der Waals surface area contributed by atoms with E-state index >= 15 is 0 Å². The lowest BCUT2D eigenvalue weighted by molar-refractivity contribution is 0.740. The summed E-state index contributed by atoms with van der Waals surface area (Å²) in [7, 11) is 0. The monoisotopic (exact) mass is 367 g/mol. The summed E-state index contributed by atoms with van der Waals surface area (Å²) in [4.78, 5) is 17.8. The Labute approximate surface area is 152 Å². The number of anilines is 1. The number of aromatic nitrogens is 3. The number of pyridine rings is 1. The van der Waals surface area contributed by atoms with Crippen LogP contribution in [0.5, 0.6) is 0 Å². The van der Waals surface area contributed by atoms with Gasteiger partial charge in [0, 0.05) is 23.8 Å². The fourth-order valence-electron chi connectivity index (χ4n) is 2.29. The van der Waals surface area contributed by atoms with Crippen molar-refractivity contribution in [3.8, 4) is 28.2 Å². The molecule has 1 aliphatic heterocycles. The molecular formula is C16H13N7S2. The Morgan fingerprint density at radius 2 is 1.96 bits per heavy atom. The Hall–Kier alpha value is -2.83. The third-order valence-corrected chi connectivity index (χ3v) is 5.10. The van der Waals surface area contributed by atoms with Gasteiger partial charge in [0.2, 0.25) is 0 Å². The van der Waals surface area contributed by atoms with Crippen molar-refractivity contribution in [3.05, 3.63) is 34.7 Å². The first-order valence-electron chi connectivity index (χ1n) is 7.66. The van der Waals surface area contributed by atoms with E-state index in [4.69, 9.17) is 5.26 Å². The van der Waals surface area contributed by atoms with E-state index in [0.29, 0.717) is 11.4 Å². The average Bonchev–Trinajstić information content (AvgIpc) is 3.32. The lowest BCUT2D eigenvalue weighted by atomic mass is 10.3. The molecule has 0 saturated heterocycles. The number of guanidine groups is 1. The molecule has 4 rings (SSSR count). The number of hydrogen-bond acceptors (Lipinski definition) is 9. The van der Waals surface area contributed by atoms with Gasteiger partial charge in [-0.25, -0.2) is 15.0 Å². The van der Waals surface area contributed by atoms with Crippen LogP contribution in [0.15, 0.2) is 34.0 Å². The molecule has 3 aromatic rings. The number of thiazole rings is 2. The molecule has 0 amide bonds. The number of rotatable bonds is 3. The number of nitrogens with one attached hydrogen (secondary N) is 2. The van der Waals surface area contributed by atoms with Crippen molar-refractivity contribution in [3.63, 3.8) is 0 Å². The fraction of sp³-hybridized carbons (Fsp3) is 0.188. The highest BCUT2D eigenvalue weighted by Gasteiger charge is 2.12. The van der Waals surface area contributed by atoms with Crippen molar-refractivity contribution in [1.29, 1.82) is 5.26 Å². The van der Waals surface area contributed by atoms with Crippen molar-refractivity contribution in [2.45, 2.75) is 6.42 Å². The van der Waals surface area contributed by atoms with Gasteiger partial charge in [0.1, 0.15) is 33.9 Å². The van der Waals surface area contributed by atoms with Gasteiger partial charge in [-0.2, -0.15) is 5.26 Å². The van der Waals surface area contributed by atoms with Gasteiger partial charge in [0.25, 0.3) is 0 Å². The van der Waals surface area contributed by atoms with Gasteiger partial charge in [0.15, 0.2) is 11.1 Å². The second-order valence-corrected chi connectivity index (χ2v) is 6.95. The summed E-state index contributed by atoms with van der Waals surface area (Å²) < 4.78 is 0. The van der Waals surface area contributed by atoms with Crippen LogP contribution in [0.3, 0.4) is 0 Å². The third-order valence-electron chi connectivity index (χ3n) is 3.48. The maximum atomic E-state index is 8.97. The van der Waals surface area contributed by atoms with Crippen LogP contribution in [0.1, 0.15) is 12.1 Å². The smallest absolute Gasteiger partial charge is 0.197 e. The predicted octanol–water partition coefficient (Wildman–Crippen LogP) is 2.96. The topological polar surface area (TPSA) is 98.9 Å². The standard InChI is InChI=1S/C16H13N7S2/c17-7-10-3-1-4-11(20-10)14-21-12(8-24-14)13-9-25-16(22-13)23-15-18-5-2-6-19-15/h1,3-4,8-9H,2,5-6H2,(H2,18,19,22,23). The molecule has 4 heterocycles. The van der Waals surface area contributed by atoms with Crippen LogP contribution in [0.25, 0.3) is 22.1 Å². The molecule has 0 aromatic carbocycles. The van der Waals surface area contributed by atoms with Gasteiger partial charge >= 0.3 is 0 Å². The molecule has 0 atom stereocenters. The molecule has 0 unspecified atom stereocenters. The zero-order valence-electron chi connectivity index (χ0n) is 13.1. The molecule has 1 aliphatic rings. The van der Waals surface area contributed by atoms with Crippen molar-refractivity contribution >= 4 is 33.8 Å². The molecule has 0 spiro atoms. The summed E-state index contributed by atoms with van der Waals surface area (Å²) in [5, 5.41) is 20.8. The van der Waals surface area contributed by atoms with Crippen LogP contribution in [0.2, 0.25) is 0 Å². The van der Waals surface area contributed by atoms with Crippen molar-refractivity contribution in [1.82, 2.24) is 20.3 Å². The Kier molecular flexibility index (Phi) is 4.37. The number of hydrogen-bond donors (Lipinski definition) is 2. The second-order valence-electron chi connectivity index (χ2n) is 5.23. The quantitative estimate of drug-likeness (QED) is 0.738. The van der Waals surface area contributed by atoms with Gasteiger partial charge in [-0.1, -0.05) is 6.07 Å². The van der Waals surface area contributed by atoms with Crippen LogP contribution in [0, 0.1) is 11.3 Å². The van der Waals surface area contributed by atoms with E-state index in [2.05, 4.69) is 30.6 Å². The van der Waals surface area contributed by atoms with E-state index in [0.717, 1.165) is 47.0 Å². The highest BCUT2D eigenvalue weighted by Crippen LogP contribution is 2.30. The van der Waals surface area contributed by atoms with Gasteiger partial charge in [-0.15, -0.1) is 22.7 Å². The fourth-order valence-corrected chi connectivity index (χ4v) is 3.78. The molecule has 0 bridgehead atoms. The normalized spacial score (nSPS) is 13.6. The molecule has 3 aromatic heterocycles. The SMILES string of the molecule is N#Cc1cccc(-c2nc(-c3csc(NC4=NCCCN4)n3)cs2)n1. The van der Waals surface area contributed by atoms with Crippen LogP contribution in [-0.4, -0.2) is 34.0 Å². The minimum atomic E-state index is 0.384. The Balaban J connectivity index is 1.54. The molecule has 124 valence electrons. The molecule has 9 heteroatoms. The van der Waals surface area contributed by atoms with E-state index in [1.807, 2.05) is 29.0 Å². The molecule has 0 aliphatic carbocycles. The molecule has 7 nitrogen and oxygen atoms in total. The van der Waals surface area contributed by atoms with Gasteiger partial charge in [0.05, 0.1) is 0 Å². The number of aliphatic imine (C=N–C) groups is 1. The minimum Gasteiger partial charge on any atom is -0.356 e. The Morgan fingerprint density at radius 3 is 2.80 bits per heavy atom. The highest BCUT2D eigenvalue weighted by atomic mass is 32.1. The van der Waals surface area contributed by atoms with Crippen molar-refractivity contribution < 1.29 is 0 Å². The molecule has 25 heavy (non-hydrogen) atoms. The van der Waals surface area contributed by atoms with E-state index in [1.54, 1.807) is 6.07 Å². The third kappa shape index (κ3) is 3.50. The van der Waals surface area contributed by atoms with Crippen molar-refractivity contribution in [2.24, 2.45) is 4.99 Å². The summed E-state index contributed by atoms with van der Waals surface area (Å²) in [6.45, 7) is 1.76. The maximum absolute atomic E-state index is 8.97. The Bertz CT molecular complexity index is 967. The first-order valence-corrected chi connectivity index (χ1v) is 9.42. The van der Waals surface area contributed by atoms with Crippen LogP contribution < -0.4 is 10.6 Å². The summed E-state index contributed by atoms with van der Waals surface area (Å²) in [5.41, 5.74) is 2.69. The first-order chi connectivity index (χ1) is 12.3. The van der Waals surface area contributed by atoms with Gasteiger partial charge in [-0.3, -0.25) is 4.99 Å². The molecule has 2 N–H and O–H groups in total. The van der Waals surface area contributed by atoms with Crippen LogP contribution >= 0.6 is 22.7 Å². The predicted molar refractivity (Wildman–Crippen MR) is 99.7 cm³/mol. The lowest BCUT2D eigenvalue weighted by Gasteiger charge is -2.13. The summed E-state index contributed by atoms with van der Waals surface area (Å²) in [6.07, 6.45) is 1.05. The Morgan fingerprint density at radius 1 is 1.08 bits per heavy atom. The van der Waals surface area contributed by atoms with Crippen LogP contribution in [0.4, 0.5) is 5.13 Å². The minimum absolute atomic E-state index is 0.384. The summed E-state index contributed by atoms with van der Waals surface area (Å²) >= 11 is 3.00. The van der Waals surface area contributed by atoms with E-state index < -0.39 is 0 Å². The largest absolute Gasteiger partial charge is 0.356 e. The van der Waals surface area contributed by atoms with Gasteiger partial charge < -0.3 is 10.6 Å². The van der Waals surface area contributed by atoms with E-state index in [-0.39, 0.29) is 0 Å². The summed E-state index contributed by atoms with van der Waals surface area (Å²) in [5.74, 6) is 0.767. The van der Waals surface area contributed by atoms with E-state index in [9.17, 15) is 0 Å². The highest BCUT2D eigenvalue weighted by molar-refractivity contribution is 7.14. The number of nitriles is 1. The summed E-state index contributed by atoms with van der Waals surface area (Å²) in [6, 6.07) is 7.39. The second kappa shape index (κ2) is 6.96. The van der Waals surface area contributed by atoms with Crippen molar-refractivity contribution in [2.75, 3.05) is 18.4 Å². The zero-order chi connectivity index (χ0) is 17.1. The molecule has 0 radical (unpaired) electrons. The molecular weight excluding hydrogens is 354 g/mol. The zero-order valence-corrected chi connectivity index (χ0v) is 14.7. The van der Waals surface area contributed by atoms with E-state index in [1.165, 1.54) is 22.7 Å². The molecule has 0 saturated carbocycles. The molecule has 0 fully saturated rings. The maximum Gasteiger partial charge on any atom is 0.197 e. The van der Waals surface area contributed by atoms with Gasteiger partial charge in [-0.05, 0) is 18.6 Å².